The highest BCUT2D eigenvalue weighted by molar-refractivity contribution is 5.92. The van der Waals surface area contributed by atoms with Crippen LogP contribution in [0.3, 0.4) is 0 Å². The maximum Gasteiger partial charge on any atom is 0.333 e. The van der Waals surface area contributed by atoms with Gasteiger partial charge in [-0.3, -0.25) is 9.59 Å². The first kappa shape index (κ1) is 30.8. The van der Waals surface area contributed by atoms with Gasteiger partial charge in [-0.2, -0.15) is 0 Å². The van der Waals surface area contributed by atoms with E-state index in [9.17, 15) is 19.2 Å². The van der Waals surface area contributed by atoms with Crippen LogP contribution in [0.1, 0.15) is 74.7 Å². The molecule has 0 aromatic carbocycles. The molecule has 0 amide bonds. The predicted octanol–water partition coefficient (Wildman–Crippen LogP) is 4.91. The molecule has 2 aliphatic carbocycles. The summed E-state index contributed by atoms with van der Waals surface area (Å²) in [5.74, 6) is -4.05. The van der Waals surface area contributed by atoms with Crippen molar-refractivity contribution < 1.29 is 38.1 Å². The third-order valence-electron chi connectivity index (χ3n) is 8.88. The number of hydrogen-bond donors (Lipinski definition) is 0. The second kappa shape index (κ2) is 12.2. The van der Waals surface area contributed by atoms with E-state index in [0.717, 1.165) is 5.57 Å². The van der Waals surface area contributed by atoms with Gasteiger partial charge in [0.25, 0.3) is 0 Å². The van der Waals surface area contributed by atoms with Crippen molar-refractivity contribution in [3.63, 3.8) is 0 Å². The molecule has 0 N–H and O–H groups in total. The number of hydrogen-bond acceptors (Lipinski definition) is 8. The largest absolute Gasteiger partial charge is 0.454 e. The Hall–Kier alpha value is -2.74. The second-order valence-corrected chi connectivity index (χ2v) is 11.4. The van der Waals surface area contributed by atoms with E-state index in [0.29, 0.717) is 37.0 Å². The predicted molar refractivity (Wildman–Crippen MR) is 145 cm³/mol. The van der Waals surface area contributed by atoms with Crippen molar-refractivity contribution in [2.75, 3.05) is 6.61 Å². The van der Waals surface area contributed by atoms with E-state index in [1.54, 1.807) is 26.8 Å². The van der Waals surface area contributed by atoms with Crippen molar-refractivity contribution in [3.05, 3.63) is 35.5 Å². The number of carbonyl (C=O) groups is 4. The Balaban J connectivity index is 2.14. The Morgan fingerprint density at radius 1 is 1.13 bits per heavy atom. The zero-order valence-electron chi connectivity index (χ0n) is 24.6. The standard InChI is InChI=1S/C31H44O8/c1-10-16(5)14-21(32)37-26-19(8)22-23(20(13-4)25(33)27(22)38-29(34)17(6)11-2)24(31(9)15-36-31)28(26)39-30(35)18(7)12-3/h12,14,17,20,22-24,26-28H,8,10-11,13,15H2,1-7,9H3/b16-14+,18-12-/t17?,20-,22+,23-,24+,26+,27+,28-,31-/m1/s1. The van der Waals surface area contributed by atoms with Crippen molar-refractivity contribution in [1.82, 2.24) is 0 Å². The van der Waals surface area contributed by atoms with E-state index >= 15 is 0 Å². The highest BCUT2D eigenvalue weighted by atomic mass is 16.6. The van der Waals surface area contributed by atoms with Gasteiger partial charge in [-0.05, 0) is 58.4 Å². The topological polar surface area (TPSA) is 108 Å². The van der Waals surface area contributed by atoms with E-state index < -0.39 is 59.6 Å². The average Bonchev–Trinajstić information content (AvgIpc) is 3.59. The van der Waals surface area contributed by atoms with Gasteiger partial charge in [0.1, 0.15) is 6.10 Å². The van der Waals surface area contributed by atoms with Crippen LogP contribution in [0.25, 0.3) is 0 Å². The van der Waals surface area contributed by atoms with E-state index in [4.69, 9.17) is 18.9 Å². The Morgan fingerprint density at radius 3 is 2.28 bits per heavy atom. The molecule has 0 bridgehead atoms. The van der Waals surface area contributed by atoms with Crippen LogP contribution < -0.4 is 0 Å². The van der Waals surface area contributed by atoms with Crippen molar-refractivity contribution >= 4 is 23.7 Å². The summed E-state index contributed by atoms with van der Waals surface area (Å²) in [6.45, 7) is 19.3. The molecule has 9 atom stereocenters. The van der Waals surface area contributed by atoms with Gasteiger partial charge < -0.3 is 18.9 Å². The molecule has 1 saturated heterocycles. The summed E-state index contributed by atoms with van der Waals surface area (Å²) >= 11 is 0. The van der Waals surface area contributed by atoms with Crippen LogP contribution in [0.15, 0.2) is 35.5 Å². The van der Waals surface area contributed by atoms with E-state index in [1.807, 2.05) is 34.6 Å². The first-order valence-electron chi connectivity index (χ1n) is 14.1. The van der Waals surface area contributed by atoms with Gasteiger partial charge in [0, 0.05) is 29.4 Å². The average molecular weight is 545 g/mol. The quantitative estimate of drug-likeness (QED) is 0.126. The molecule has 0 aromatic heterocycles. The van der Waals surface area contributed by atoms with Crippen molar-refractivity contribution in [1.29, 1.82) is 0 Å². The fraction of sp³-hybridized carbons (Fsp3) is 0.677. The lowest BCUT2D eigenvalue weighted by molar-refractivity contribution is -0.178. The molecule has 39 heavy (non-hydrogen) atoms. The van der Waals surface area contributed by atoms with E-state index in [2.05, 4.69) is 6.58 Å². The monoisotopic (exact) mass is 544 g/mol. The lowest BCUT2D eigenvalue weighted by atomic mass is 9.61. The molecule has 0 aromatic rings. The molecular weight excluding hydrogens is 500 g/mol. The number of allylic oxidation sites excluding steroid dienone is 2. The SMILES string of the molecule is C=C1[C@H]2[C@H]([C@H]([C@@]3(C)CO3)[C@@H](OC(=O)/C(C)=C\C)[C@H]1OC(=O)/C=C(\C)CC)[C@@H](CC)C(=O)[C@H]2OC(=O)C(C)CC. The normalized spacial score (nSPS) is 35.2. The van der Waals surface area contributed by atoms with Crippen LogP contribution >= 0.6 is 0 Å². The number of rotatable bonds is 10. The minimum absolute atomic E-state index is 0.178. The van der Waals surface area contributed by atoms with Gasteiger partial charge in [0.2, 0.25) is 0 Å². The number of Topliss-reactive ketones (excluding diaryl/α,β-unsaturated/α-hetero) is 1. The molecule has 1 heterocycles. The molecule has 0 radical (unpaired) electrons. The van der Waals surface area contributed by atoms with Gasteiger partial charge in [0.05, 0.1) is 18.1 Å². The van der Waals surface area contributed by atoms with E-state index in [1.165, 1.54) is 6.08 Å². The van der Waals surface area contributed by atoms with Crippen molar-refractivity contribution in [3.8, 4) is 0 Å². The zero-order valence-corrected chi connectivity index (χ0v) is 24.6. The third-order valence-corrected chi connectivity index (χ3v) is 8.88. The number of ketones is 1. The molecule has 216 valence electrons. The van der Waals surface area contributed by atoms with Gasteiger partial charge in [-0.25, -0.2) is 9.59 Å². The Kier molecular flexibility index (Phi) is 9.63. The lowest BCUT2D eigenvalue weighted by Crippen LogP contribution is -2.57. The Morgan fingerprint density at radius 2 is 1.77 bits per heavy atom. The van der Waals surface area contributed by atoms with Crippen molar-refractivity contribution in [2.45, 2.75) is 98.6 Å². The number of carbonyl (C=O) groups excluding carboxylic acids is 4. The van der Waals surface area contributed by atoms with Gasteiger partial charge in [-0.15, -0.1) is 0 Å². The highest BCUT2D eigenvalue weighted by Gasteiger charge is 2.68. The molecule has 2 saturated carbocycles. The summed E-state index contributed by atoms with van der Waals surface area (Å²) in [6.07, 6.45) is 1.78. The maximum absolute atomic E-state index is 13.8. The number of esters is 3. The summed E-state index contributed by atoms with van der Waals surface area (Å²) < 4.78 is 23.8. The minimum atomic E-state index is -1.05. The van der Waals surface area contributed by atoms with Crippen LogP contribution in [0, 0.1) is 29.6 Å². The van der Waals surface area contributed by atoms with E-state index in [-0.39, 0.29) is 17.6 Å². The summed E-state index contributed by atoms with van der Waals surface area (Å²) in [4.78, 5) is 52.7. The second-order valence-electron chi connectivity index (χ2n) is 11.4. The first-order valence-corrected chi connectivity index (χ1v) is 14.1. The van der Waals surface area contributed by atoms with Crippen LogP contribution in [-0.2, 0) is 38.1 Å². The zero-order chi connectivity index (χ0) is 29.2. The van der Waals surface area contributed by atoms with Crippen LogP contribution in [0.4, 0.5) is 0 Å². The smallest absolute Gasteiger partial charge is 0.333 e. The summed E-state index contributed by atoms with van der Waals surface area (Å²) in [7, 11) is 0. The molecule has 3 fully saturated rings. The lowest BCUT2D eigenvalue weighted by Gasteiger charge is -2.48. The summed E-state index contributed by atoms with van der Waals surface area (Å²) in [6, 6.07) is 0. The molecule has 1 unspecified atom stereocenters. The van der Waals surface area contributed by atoms with Crippen LogP contribution in [0.2, 0.25) is 0 Å². The van der Waals surface area contributed by atoms with Crippen molar-refractivity contribution in [2.24, 2.45) is 29.6 Å². The van der Waals surface area contributed by atoms with Gasteiger partial charge >= 0.3 is 17.9 Å². The Bertz CT molecular complexity index is 1060. The molecule has 8 heteroatoms. The van der Waals surface area contributed by atoms with Gasteiger partial charge in [-0.1, -0.05) is 45.9 Å². The number of ether oxygens (including phenoxy) is 4. The fourth-order valence-electron chi connectivity index (χ4n) is 5.90. The van der Waals surface area contributed by atoms with Gasteiger partial charge in [0.15, 0.2) is 18.0 Å². The summed E-state index contributed by atoms with van der Waals surface area (Å²) in [5, 5.41) is 0. The molecule has 1 aliphatic heterocycles. The minimum Gasteiger partial charge on any atom is -0.454 e. The molecule has 3 rings (SSSR count). The fourth-order valence-corrected chi connectivity index (χ4v) is 5.90. The van der Waals surface area contributed by atoms with Crippen LogP contribution in [0.5, 0.6) is 0 Å². The molecular formula is C31H44O8. The van der Waals surface area contributed by atoms with Crippen LogP contribution in [-0.4, -0.2) is 54.2 Å². The first-order chi connectivity index (χ1) is 18.3. The maximum atomic E-state index is 13.8. The molecule has 0 spiro atoms. The third kappa shape index (κ3) is 6.06. The molecule has 3 aliphatic rings. The number of epoxide rings is 1. The molecule has 8 nitrogen and oxygen atoms in total. The highest BCUT2D eigenvalue weighted by Crippen LogP contribution is 2.58. The summed E-state index contributed by atoms with van der Waals surface area (Å²) in [5.41, 5.74) is 0.944. The Labute approximate surface area is 232 Å². The number of fused-ring (bicyclic) bond motifs is 1.